The lowest BCUT2D eigenvalue weighted by atomic mass is 10.2. The highest BCUT2D eigenvalue weighted by Gasteiger charge is 2.00. The van der Waals surface area contributed by atoms with Crippen LogP contribution in [0.5, 0.6) is 0 Å². The highest BCUT2D eigenvalue weighted by atomic mass is 32.2. The Balaban J connectivity index is 3.74. The SMILES string of the molecule is CSC(C)CCNC(=NCC(C)C)NN. The fourth-order valence-electron chi connectivity index (χ4n) is 0.938. The minimum Gasteiger partial charge on any atom is -0.355 e. The zero-order valence-corrected chi connectivity index (χ0v) is 11.0. The molecule has 0 aromatic rings. The molecular formula is C10H24N4S. The molecule has 0 aromatic carbocycles. The maximum Gasteiger partial charge on any atom is 0.205 e. The molecule has 0 bridgehead atoms. The van der Waals surface area contributed by atoms with Crippen molar-refractivity contribution in [3.8, 4) is 0 Å². The minimum atomic E-state index is 0.556. The highest BCUT2D eigenvalue weighted by Crippen LogP contribution is 2.07. The summed E-state index contributed by atoms with van der Waals surface area (Å²) in [5, 5.41) is 3.86. The summed E-state index contributed by atoms with van der Waals surface area (Å²) in [6.07, 6.45) is 3.24. The van der Waals surface area contributed by atoms with Gasteiger partial charge in [-0.05, 0) is 18.6 Å². The second-order valence-corrected chi connectivity index (χ2v) is 5.27. The molecule has 0 aliphatic carbocycles. The molecule has 0 spiro atoms. The van der Waals surface area contributed by atoms with Crippen LogP contribution in [0, 0.1) is 5.92 Å². The number of thioether (sulfide) groups is 1. The lowest BCUT2D eigenvalue weighted by molar-refractivity contribution is 0.654. The summed E-state index contributed by atoms with van der Waals surface area (Å²) in [6.45, 7) is 8.18. The Morgan fingerprint density at radius 3 is 2.53 bits per heavy atom. The van der Waals surface area contributed by atoms with Gasteiger partial charge in [0.15, 0.2) is 0 Å². The molecule has 0 aromatic heterocycles. The van der Waals surface area contributed by atoms with Gasteiger partial charge in [0.2, 0.25) is 5.96 Å². The van der Waals surface area contributed by atoms with Gasteiger partial charge in [-0.15, -0.1) is 0 Å². The second kappa shape index (κ2) is 8.85. The topological polar surface area (TPSA) is 62.4 Å². The van der Waals surface area contributed by atoms with Crippen LogP contribution in [-0.4, -0.2) is 30.6 Å². The molecule has 5 heteroatoms. The number of hydrogen-bond acceptors (Lipinski definition) is 3. The third-order valence-corrected chi connectivity index (χ3v) is 3.04. The van der Waals surface area contributed by atoms with E-state index in [-0.39, 0.29) is 0 Å². The molecule has 0 heterocycles. The summed E-state index contributed by atoms with van der Waals surface area (Å²) >= 11 is 1.87. The van der Waals surface area contributed by atoms with Gasteiger partial charge >= 0.3 is 0 Å². The number of guanidine groups is 1. The Hall–Kier alpha value is -0.420. The molecular weight excluding hydrogens is 208 g/mol. The molecule has 90 valence electrons. The van der Waals surface area contributed by atoms with Crippen LogP contribution in [0.25, 0.3) is 0 Å². The average molecular weight is 232 g/mol. The van der Waals surface area contributed by atoms with E-state index < -0.39 is 0 Å². The van der Waals surface area contributed by atoms with Crippen LogP contribution in [0.15, 0.2) is 4.99 Å². The van der Waals surface area contributed by atoms with E-state index in [0.29, 0.717) is 17.1 Å². The average Bonchev–Trinajstić information content (AvgIpc) is 2.22. The van der Waals surface area contributed by atoms with Gasteiger partial charge in [-0.2, -0.15) is 11.8 Å². The normalized spacial score (nSPS) is 14.1. The summed E-state index contributed by atoms with van der Waals surface area (Å²) in [4.78, 5) is 4.33. The molecule has 0 aliphatic rings. The van der Waals surface area contributed by atoms with E-state index in [2.05, 4.69) is 42.8 Å². The van der Waals surface area contributed by atoms with E-state index in [1.807, 2.05) is 11.8 Å². The van der Waals surface area contributed by atoms with Crippen molar-refractivity contribution in [2.75, 3.05) is 19.3 Å². The van der Waals surface area contributed by atoms with Gasteiger partial charge in [0.25, 0.3) is 0 Å². The van der Waals surface area contributed by atoms with Crippen LogP contribution in [-0.2, 0) is 0 Å². The van der Waals surface area contributed by atoms with Gasteiger partial charge in [0.05, 0.1) is 0 Å². The molecule has 0 saturated heterocycles. The van der Waals surface area contributed by atoms with Gasteiger partial charge in [-0.25, -0.2) is 5.84 Å². The molecule has 0 saturated carbocycles. The fourth-order valence-corrected chi connectivity index (χ4v) is 1.29. The molecule has 4 N–H and O–H groups in total. The van der Waals surface area contributed by atoms with Gasteiger partial charge in [-0.1, -0.05) is 20.8 Å². The van der Waals surface area contributed by atoms with E-state index in [0.717, 1.165) is 19.5 Å². The zero-order chi connectivity index (χ0) is 11.7. The first-order valence-electron chi connectivity index (χ1n) is 5.37. The van der Waals surface area contributed by atoms with Crippen molar-refractivity contribution in [1.29, 1.82) is 0 Å². The Morgan fingerprint density at radius 1 is 1.40 bits per heavy atom. The van der Waals surface area contributed by atoms with Crippen LogP contribution >= 0.6 is 11.8 Å². The molecule has 1 unspecified atom stereocenters. The smallest absolute Gasteiger partial charge is 0.205 e. The zero-order valence-electron chi connectivity index (χ0n) is 10.2. The number of hydrazine groups is 1. The number of hydrogen-bond donors (Lipinski definition) is 3. The van der Waals surface area contributed by atoms with Crippen LogP contribution in [0.3, 0.4) is 0 Å². The van der Waals surface area contributed by atoms with Crippen LogP contribution in [0.4, 0.5) is 0 Å². The summed E-state index contributed by atoms with van der Waals surface area (Å²) in [6, 6.07) is 0. The Morgan fingerprint density at radius 2 is 2.07 bits per heavy atom. The van der Waals surface area contributed by atoms with Gasteiger partial charge in [0.1, 0.15) is 0 Å². The molecule has 0 aliphatic heterocycles. The predicted molar refractivity (Wildman–Crippen MR) is 70.1 cm³/mol. The van der Waals surface area contributed by atoms with Crippen molar-refractivity contribution in [2.24, 2.45) is 16.8 Å². The molecule has 0 rings (SSSR count). The van der Waals surface area contributed by atoms with Crippen molar-refractivity contribution < 1.29 is 0 Å². The van der Waals surface area contributed by atoms with Crippen molar-refractivity contribution in [2.45, 2.75) is 32.4 Å². The Bertz CT molecular complexity index is 182. The summed E-state index contributed by atoms with van der Waals surface area (Å²) in [5.41, 5.74) is 2.58. The quantitative estimate of drug-likeness (QED) is 0.279. The van der Waals surface area contributed by atoms with E-state index in [1.54, 1.807) is 0 Å². The summed E-state index contributed by atoms with van der Waals surface area (Å²) in [7, 11) is 0. The van der Waals surface area contributed by atoms with Crippen molar-refractivity contribution in [1.82, 2.24) is 10.7 Å². The molecule has 1 atom stereocenters. The maximum atomic E-state index is 5.36. The van der Waals surface area contributed by atoms with Crippen LogP contribution in [0.2, 0.25) is 0 Å². The largest absolute Gasteiger partial charge is 0.355 e. The lowest BCUT2D eigenvalue weighted by Crippen LogP contribution is -2.42. The third kappa shape index (κ3) is 8.57. The number of rotatable bonds is 6. The molecule has 0 radical (unpaired) electrons. The van der Waals surface area contributed by atoms with E-state index in [1.165, 1.54) is 0 Å². The maximum absolute atomic E-state index is 5.36. The van der Waals surface area contributed by atoms with E-state index in [9.17, 15) is 0 Å². The number of nitrogens with two attached hydrogens (primary N) is 1. The second-order valence-electron chi connectivity index (χ2n) is 3.99. The van der Waals surface area contributed by atoms with Gasteiger partial charge in [0, 0.05) is 18.3 Å². The number of nitrogens with one attached hydrogen (secondary N) is 2. The van der Waals surface area contributed by atoms with Crippen LogP contribution < -0.4 is 16.6 Å². The first-order chi connectivity index (χ1) is 7.10. The lowest BCUT2D eigenvalue weighted by Gasteiger charge is -2.12. The fraction of sp³-hybridized carbons (Fsp3) is 0.900. The van der Waals surface area contributed by atoms with Gasteiger partial charge < -0.3 is 5.32 Å². The monoisotopic (exact) mass is 232 g/mol. The number of aliphatic imine (C=N–C) groups is 1. The van der Waals surface area contributed by atoms with E-state index >= 15 is 0 Å². The minimum absolute atomic E-state index is 0.556. The Kier molecular flexibility index (Phi) is 8.61. The predicted octanol–water partition coefficient (Wildman–Crippen LogP) is 1.19. The van der Waals surface area contributed by atoms with Crippen molar-refractivity contribution in [3.63, 3.8) is 0 Å². The van der Waals surface area contributed by atoms with Crippen molar-refractivity contribution in [3.05, 3.63) is 0 Å². The van der Waals surface area contributed by atoms with Crippen molar-refractivity contribution >= 4 is 17.7 Å². The first-order valence-corrected chi connectivity index (χ1v) is 6.66. The summed E-state index contributed by atoms with van der Waals surface area (Å²) in [5.74, 6) is 6.61. The molecule has 4 nitrogen and oxygen atoms in total. The van der Waals surface area contributed by atoms with E-state index in [4.69, 9.17) is 5.84 Å². The van der Waals surface area contributed by atoms with Gasteiger partial charge in [-0.3, -0.25) is 10.4 Å². The first kappa shape index (κ1) is 14.6. The number of nitrogens with zero attached hydrogens (tertiary/aromatic N) is 1. The molecule has 0 fully saturated rings. The standard InChI is InChI=1S/C10H24N4S/c1-8(2)7-13-10(14-11)12-6-5-9(3)15-4/h8-9H,5-7,11H2,1-4H3,(H2,12,13,14). The molecule has 15 heavy (non-hydrogen) atoms. The third-order valence-electron chi connectivity index (χ3n) is 2.00. The molecule has 0 amide bonds. The van der Waals surface area contributed by atoms with Crippen LogP contribution in [0.1, 0.15) is 27.2 Å². The highest BCUT2D eigenvalue weighted by molar-refractivity contribution is 7.99. The Labute approximate surface area is 97.5 Å². The summed E-state index contributed by atoms with van der Waals surface area (Å²) < 4.78 is 0.